The summed E-state index contributed by atoms with van der Waals surface area (Å²) in [6.45, 7) is 1.81. The van der Waals surface area contributed by atoms with Gasteiger partial charge in [-0.05, 0) is 6.92 Å². The van der Waals surface area contributed by atoms with Gasteiger partial charge >= 0.3 is 0 Å². The average molecular weight is 297 g/mol. The molecule has 1 amide bonds. The first-order valence-electron chi connectivity index (χ1n) is 6.21. The molecule has 0 fully saturated rings. The van der Waals surface area contributed by atoms with Crippen LogP contribution in [0.2, 0.25) is 0 Å². The SMILES string of the molecule is Cc1cnc(C(=O)Nc2nnc(-c3ccccc3)s2)cn1. The molecule has 6 nitrogen and oxygen atoms in total. The Morgan fingerprint density at radius 1 is 1.10 bits per heavy atom. The molecule has 104 valence electrons. The minimum atomic E-state index is -0.349. The quantitative estimate of drug-likeness (QED) is 0.803. The molecule has 0 saturated carbocycles. The van der Waals surface area contributed by atoms with Crippen molar-refractivity contribution in [2.45, 2.75) is 6.92 Å². The van der Waals surface area contributed by atoms with Crippen LogP contribution in [0.1, 0.15) is 16.2 Å². The molecule has 0 aliphatic heterocycles. The molecule has 2 aromatic heterocycles. The summed E-state index contributed by atoms with van der Waals surface area (Å²) in [6, 6.07) is 9.67. The molecule has 3 rings (SSSR count). The Hall–Kier alpha value is -2.67. The molecule has 0 spiro atoms. The molecule has 0 saturated heterocycles. The highest BCUT2D eigenvalue weighted by atomic mass is 32.1. The van der Waals surface area contributed by atoms with Crippen LogP contribution in [-0.2, 0) is 0 Å². The largest absolute Gasteiger partial charge is 0.295 e. The number of rotatable bonds is 3. The van der Waals surface area contributed by atoms with Crippen LogP contribution in [0.25, 0.3) is 10.6 Å². The van der Waals surface area contributed by atoms with Crippen LogP contribution in [0.3, 0.4) is 0 Å². The van der Waals surface area contributed by atoms with Gasteiger partial charge in [-0.1, -0.05) is 41.7 Å². The molecule has 2 heterocycles. The van der Waals surface area contributed by atoms with Crippen molar-refractivity contribution in [2.24, 2.45) is 0 Å². The van der Waals surface area contributed by atoms with Crippen LogP contribution < -0.4 is 5.32 Å². The summed E-state index contributed by atoms with van der Waals surface area (Å²) in [6.07, 6.45) is 2.98. The molecule has 1 aromatic carbocycles. The van der Waals surface area contributed by atoms with Gasteiger partial charge in [0.1, 0.15) is 10.7 Å². The predicted octanol–water partition coefficient (Wildman–Crippen LogP) is 2.56. The Morgan fingerprint density at radius 2 is 1.90 bits per heavy atom. The molecule has 0 bridgehead atoms. The first-order chi connectivity index (χ1) is 10.2. The summed E-state index contributed by atoms with van der Waals surface area (Å²) >= 11 is 1.31. The summed E-state index contributed by atoms with van der Waals surface area (Å²) in [5.74, 6) is -0.349. The number of aryl methyl sites for hydroxylation is 1. The van der Waals surface area contributed by atoms with E-state index in [1.807, 2.05) is 37.3 Å². The predicted molar refractivity (Wildman–Crippen MR) is 80.1 cm³/mol. The van der Waals surface area contributed by atoms with Crippen LogP contribution in [0.15, 0.2) is 42.7 Å². The number of nitrogens with one attached hydrogen (secondary N) is 1. The average Bonchev–Trinajstić information content (AvgIpc) is 2.97. The van der Waals surface area contributed by atoms with Crippen LogP contribution in [0.4, 0.5) is 5.13 Å². The van der Waals surface area contributed by atoms with E-state index in [1.165, 1.54) is 17.5 Å². The minimum absolute atomic E-state index is 0.247. The van der Waals surface area contributed by atoms with Crippen molar-refractivity contribution in [1.29, 1.82) is 0 Å². The molecule has 0 radical (unpaired) electrons. The van der Waals surface area contributed by atoms with E-state index < -0.39 is 0 Å². The smallest absolute Gasteiger partial charge is 0.277 e. The van der Waals surface area contributed by atoms with Crippen LogP contribution in [0.5, 0.6) is 0 Å². The number of carbonyl (C=O) groups is 1. The van der Waals surface area contributed by atoms with Gasteiger partial charge in [0.2, 0.25) is 5.13 Å². The number of amides is 1. The van der Waals surface area contributed by atoms with Crippen molar-refractivity contribution in [1.82, 2.24) is 20.2 Å². The lowest BCUT2D eigenvalue weighted by molar-refractivity contribution is 0.102. The lowest BCUT2D eigenvalue weighted by atomic mass is 10.2. The number of benzene rings is 1. The topological polar surface area (TPSA) is 80.7 Å². The van der Waals surface area contributed by atoms with E-state index in [-0.39, 0.29) is 11.6 Å². The summed E-state index contributed by atoms with van der Waals surface area (Å²) in [5, 5.41) is 11.9. The van der Waals surface area contributed by atoms with Gasteiger partial charge in [-0.3, -0.25) is 15.1 Å². The maximum Gasteiger partial charge on any atom is 0.277 e. The number of carbonyl (C=O) groups excluding carboxylic acids is 1. The summed E-state index contributed by atoms with van der Waals surface area (Å²) in [4.78, 5) is 20.1. The van der Waals surface area contributed by atoms with Gasteiger partial charge < -0.3 is 0 Å². The highest BCUT2D eigenvalue weighted by molar-refractivity contribution is 7.18. The monoisotopic (exact) mass is 297 g/mol. The Morgan fingerprint density at radius 3 is 2.62 bits per heavy atom. The summed E-state index contributed by atoms with van der Waals surface area (Å²) in [5.41, 5.74) is 1.97. The Labute approximate surface area is 124 Å². The van der Waals surface area contributed by atoms with Gasteiger partial charge in [-0.15, -0.1) is 10.2 Å². The maximum absolute atomic E-state index is 12.0. The normalized spacial score (nSPS) is 10.3. The van der Waals surface area contributed by atoms with Gasteiger partial charge in [-0.25, -0.2) is 4.98 Å². The second-order valence-electron chi connectivity index (χ2n) is 4.28. The molecule has 0 aliphatic rings. The second-order valence-corrected chi connectivity index (χ2v) is 5.25. The van der Waals surface area contributed by atoms with Crippen LogP contribution in [0, 0.1) is 6.92 Å². The van der Waals surface area contributed by atoms with Crippen molar-refractivity contribution in [3.63, 3.8) is 0 Å². The van der Waals surface area contributed by atoms with Crippen LogP contribution in [-0.4, -0.2) is 26.1 Å². The van der Waals surface area contributed by atoms with E-state index in [1.54, 1.807) is 6.20 Å². The lowest BCUT2D eigenvalue weighted by Crippen LogP contribution is -2.13. The fourth-order valence-electron chi connectivity index (χ4n) is 1.64. The zero-order valence-corrected chi connectivity index (χ0v) is 12.0. The highest BCUT2D eigenvalue weighted by Gasteiger charge is 2.12. The third-order valence-corrected chi connectivity index (χ3v) is 3.57. The minimum Gasteiger partial charge on any atom is -0.295 e. The van der Waals surface area contributed by atoms with Gasteiger partial charge in [-0.2, -0.15) is 0 Å². The first kappa shape index (κ1) is 13.3. The second kappa shape index (κ2) is 5.76. The van der Waals surface area contributed by atoms with E-state index in [4.69, 9.17) is 0 Å². The maximum atomic E-state index is 12.0. The van der Waals surface area contributed by atoms with Crippen molar-refractivity contribution in [2.75, 3.05) is 5.32 Å². The van der Waals surface area contributed by atoms with Crippen molar-refractivity contribution in [3.8, 4) is 10.6 Å². The number of hydrogen-bond donors (Lipinski definition) is 1. The van der Waals surface area contributed by atoms with Crippen molar-refractivity contribution < 1.29 is 4.79 Å². The lowest BCUT2D eigenvalue weighted by Gasteiger charge is -1.99. The van der Waals surface area contributed by atoms with E-state index in [0.717, 1.165) is 16.3 Å². The molecule has 7 heteroatoms. The van der Waals surface area contributed by atoms with Crippen LogP contribution >= 0.6 is 11.3 Å². The molecule has 1 N–H and O–H groups in total. The number of nitrogens with zero attached hydrogens (tertiary/aromatic N) is 4. The third kappa shape index (κ3) is 3.09. The molecular formula is C14H11N5OS. The Balaban J connectivity index is 1.75. The molecule has 3 aromatic rings. The highest BCUT2D eigenvalue weighted by Crippen LogP contribution is 2.25. The number of hydrogen-bond acceptors (Lipinski definition) is 6. The van der Waals surface area contributed by atoms with Crippen molar-refractivity contribution >= 4 is 22.4 Å². The zero-order chi connectivity index (χ0) is 14.7. The van der Waals surface area contributed by atoms with Gasteiger partial charge in [0.05, 0.1) is 11.9 Å². The molecule has 0 aliphatic carbocycles. The fraction of sp³-hybridized carbons (Fsp3) is 0.0714. The Kier molecular flexibility index (Phi) is 3.65. The summed E-state index contributed by atoms with van der Waals surface area (Å²) in [7, 11) is 0. The zero-order valence-electron chi connectivity index (χ0n) is 11.1. The summed E-state index contributed by atoms with van der Waals surface area (Å²) < 4.78 is 0. The third-order valence-electron chi connectivity index (χ3n) is 2.68. The number of anilines is 1. The first-order valence-corrected chi connectivity index (χ1v) is 7.03. The van der Waals surface area contributed by atoms with E-state index >= 15 is 0 Å². The van der Waals surface area contributed by atoms with Gasteiger partial charge in [0, 0.05) is 11.8 Å². The van der Waals surface area contributed by atoms with E-state index in [2.05, 4.69) is 25.5 Å². The molecule has 21 heavy (non-hydrogen) atoms. The fourth-order valence-corrected chi connectivity index (χ4v) is 2.39. The van der Waals surface area contributed by atoms with Gasteiger partial charge in [0.15, 0.2) is 0 Å². The standard InChI is InChI=1S/C14H11N5OS/c1-9-7-16-11(8-15-9)12(20)17-14-19-18-13(21-14)10-5-3-2-4-6-10/h2-8H,1H3,(H,17,19,20). The molecule has 0 unspecified atom stereocenters. The van der Waals surface area contributed by atoms with Gasteiger partial charge in [0.25, 0.3) is 5.91 Å². The van der Waals surface area contributed by atoms with Crippen molar-refractivity contribution in [3.05, 3.63) is 54.1 Å². The number of aromatic nitrogens is 4. The molecular weight excluding hydrogens is 286 g/mol. The Bertz CT molecular complexity index is 755. The van der Waals surface area contributed by atoms with E-state index in [9.17, 15) is 4.79 Å². The molecule has 0 atom stereocenters. The van der Waals surface area contributed by atoms with E-state index in [0.29, 0.717) is 5.13 Å².